The molecule has 0 saturated heterocycles. The zero-order valence-corrected chi connectivity index (χ0v) is 9.24. The van der Waals surface area contributed by atoms with Crippen LogP contribution in [0.4, 0.5) is 0 Å². The molecule has 0 aliphatic heterocycles. The Kier molecular flexibility index (Phi) is 6.45. The Balaban J connectivity index is 4.06. The van der Waals surface area contributed by atoms with E-state index in [1.807, 2.05) is 0 Å². The number of azide groups is 1. The van der Waals surface area contributed by atoms with E-state index in [4.69, 9.17) is 10.8 Å². The molecule has 0 bridgehead atoms. The minimum atomic E-state index is -3.56. The van der Waals surface area contributed by atoms with Crippen LogP contribution in [0, 0.1) is 11.3 Å². The average molecular weight is 231 g/mol. The normalized spacial score (nSPS) is 12.5. The van der Waals surface area contributed by atoms with Crippen molar-refractivity contribution in [2.75, 3.05) is 13.1 Å². The van der Waals surface area contributed by atoms with E-state index >= 15 is 0 Å². The largest absolute Gasteiger partial charge is 0.227 e. The Hall–Kier alpha value is -1.29. The lowest BCUT2D eigenvalue weighted by molar-refractivity contribution is 0.570. The molecule has 15 heavy (non-hydrogen) atoms. The lowest BCUT2D eigenvalue weighted by Gasteiger charge is -2.08. The van der Waals surface area contributed by atoms with Gasteiger partial charge < -0.3 is 0 Å². The highest BCUT2D eigenvalue weighted by molar-refractivity contribution is 7.90. The summed E-state index contributed by atoms with van der Waals surface area (Å²) in [5.74, 6) is 0. The van der Waals surface area contributed by atoms with Gasteiger partial charge in [-0.2, -0.15) is 5.26 Å². The van der Waals surface area contributed by atoms with Gasteiger partial charge in [0.25, 0.3) is 0 Å². The first-order valence-electron chi connectivity index (χ1n) is 4.47. The van der Waals surface area contributed by atoms with Crippen molar-refractivity contribution in [1.29, 1.82) is 5.26 Å². The minimum Gasteiger partial charge on any atom is -0.214 e. The molecule has 0 aromatic heterocycles. The number of hydrogen-bond acceptors (Lipinski definition) is 4. The van der Waals surface area contributed by atoms with Crippen molar-refractivity contribution in [3.8, 4) is 6.07 Å². The van der Waals surface area contributed by atoms with E-state index in [2.05, 4.69) is 14.7 Å². The molecule has 1 N–H and O–H groups in total. The molecule has 0 spiro atoms. The van der Waals surface area contributed by atoms with Gasteiger partial charge in [-0.1, -0.05) is 12.0 Å². The standard InChI is InChI=1S/C7H13N5O2S/c1-2-7(6-8)15(13,14)11-5-3-4-10-12-9/h7,11H,2-5H2,1H3. The van der Waals surface area contributed by atoms with E-state index in [9.17, 15) is 8.42 Å². The summed E-state index contributed by atoms with van der Waals surface area (Å²) in [6.07, 6.45) is 0.674. The van der Waals surface area contributed by atoms with Gasteiger partial charge in [-0.15, -0.1) is 0 Å². The Bertz CT molecular complexity index is 365. The maximum absolute atomic E-state index is 11.4. The summed E-state index contributed by atoms with van der Waals surface area (Å²) in [4.78, 5) is 2.53. The Morgan fingerprint density at radius 2 is 2.33 bits per heavy atom. The van der Waals surface area contributed by atoms with Crippen LogP contribution in [-0.2, 0) is 10.0 Å². The van der Waals surface area contributed by atoms with Gasteiger partial charge >= 0.3 is 0 Å². The van der Waals surface area contributed by atoms with E-state index in [0.29, 0.717) is 6.42 Å². The van der Waals surface area contributed by atoms with E-state index in [0.717, 1.165) is 0 Å². The summed E-state index contributed by atoms with van der Waals surface area (Å²) in [5.41, 5.74) is 7.97. The number of nitrogens with zero attached hydrogens (tertiary/aromatic N) is 4. The molecule has 0 aromatic carbocycles. The average Bonchev–Trinajstić information content (AvgIpc) is 2.18. The van der Waals surface area contributed by atoms with Crippen molar-refractivity contribution >= 4 is 10.0 Å². The van der Waals surface area contributed by atoms with Crippen LogP contribution >= 0.6 is 0 Å². The fourth-order valence-electron chi connectivity index (χ4n) is 0.890. The molecule has 0 saturated carbocycles. The first-order valence-corrected chi connectivity index (χ1v) is 6.02. The topological polar surface area (TPSA) is 119 Å². The molecule has 8 heteroatoms. The van der Waals surface area contributed by atoms with Gasteiger partial charge in [0.2, 0.25) is 10.0 Å². The van der Waals surface area contributed by atoms with Crippen LogP contribution in [-0.4, -0.2) is 26.8 Å². The van der Waals surface area contributed by atoms with Crippen molar-refractivity contribution in [3.05, 3.63) is 10.4 Å². The molecule has 1 atom stereocenters. The molecule has 0 rings (SSSR count). The molecule has 0 aromatic rings. The lowest BCUT2D eigenvalue weighted by Crippen LogP contribution is -2.33. The van der Waals surface area contributed by atoms with E-state index < -0.39 is 15.3 Å². The zero-order chi connectivity index (χ0) is 11.7. The van der Waals surface area contributed by atoms with Crippen molar-refractivity contribution in [3.63, 3.8) is 0 Å². The van der Waals surface area contributed by atoms with Gasteiger partial charge in [-0.25, -0.2) is 13.1 Å². The van der Waals surface area contributed by atoms with E-state index in [-0.39, 0.29) is 19.5 Å². The highest BCUT2D eigenvalue weighted by Crippen LogP contribution is 2.02. The Morgan fingerprint density at radius 3 is 2.80 bits per heavy atom. The third-order valence-corrected chi connectivity index (χ3v) is 3.49. The van der Waals surface area contributed by atoms with E-state index in [1.165, 1.54) is 0 Å². The summed E-state index contributed by atoms with van der Waals surface area (Å²) in [7, 11) is -3.56. The lowest BCUT2D eigenvalue weighted by atomic mass is 10.4. The highest BCUT2D eigenvalue weighted by Gasteiger charge is 2.22. The van der Waals surface area contributed by atoms with Gasteiger partial charge in [0.15, 0.2) is 5.25 Å². The van der Waals surface area contributed by atoms with Crippen molar-refractivity contribution < 1.29 is 8.42 Å². The SMILES string of the molecule is CCC(C#N)S(=O)(=O)NCCCN=[N+]=[N-]. The molecule has 0 fully saturated rings. The molecular weight excluding hydrogens is 218 g/mol. The number of nitrogens with one attached hydrogen (secondary N) is 1. The maximum atomic E-state index is 11.4. The maximum Gasteiger partial charge on any atom is 0.227 e. The summed E-state index contributed by atoms with van der Waals surface area (Å²) >= 11 is 0. The predicted molar refractivity (Wildman–Crippen MR) is 55.2 cm³/mol. The number of hydrogen-bond donors (Lipinski definition) is 1. The molecule has 0 aliphatic rings. The number of rotatable bonds is 7. The van der Waals surface area contributed by atoms with Crippen LogP contribution in [0.1, 0.15) is 19.8 Å². The molecule has 0 amide bonds. The first-order chi connectivity index (χ1) is 7.08. The highest BCUT2D eigenvalue weighted by atomic mass is 32.2. The van der Waals surface area contributed by atoms with Gasteiger partial charge in [0, 0.05) is 18.0 Å². The Morgan fingerprint density at radius 1 is 1.67 bits per heavy atom. The van der Waals surface area contributed by atoms with Crippen molar-refractivity contribution in [1.82, 2.24) is 4.72 Å². The predicted octanol–water partition coefficient (Wildman–Crippen LogP) is 0.908. The summed E-state index contributed by atoms with van der Waals surface area (Å²) in [5, 5.41) is 10.8. The van der Waals surface area contributed by atoms with Gasteiger partial charge in [0.1, 0.15) is 0 Å². The number of nitriles is 1. The van der Waals surface area contributed by atoms with Crippen LogP contribution < -0.4 is 4.72 Å². The quantitative estimate of drug-likeness (QED) is 0.303. The zero-order valence-electron chi connectivity index (χ0n) is 8.42. The van der Waals surface area contributed by atoms with E-state index in [1.54, 1.807) is 13.0 Å². The molecule has 84 valence electrons. The second-order valence-corrected chi connectivity index (χ2v) is 4.72. The van der Waals surface area contributed by atoms with Gasteiger partial charge in [0.05, 0.1) is 6.07 Å². The van der Waals surface area contributed by atoms with Crippen LogP contribution in [0.3, 0.4) is 0 Å². The smallest absolute Gasteiger partial charge is 0.214 e. The fraction of sp³-hybridized carbons (Fsp3) is 0.857. The molecule has 0 heterocycles. The van der Waals surface area contributed by atoms with Crippen LogP contribution in [0.25, 0.3) is 10.4 Å². The first kappa shape index (κ1) is 13.7. The molecular formula is C7H13N5O2S. The minimum absolute atomic E-state index is 0.180. The molecule has 7 nitrogen and oxygen atoms in total. The second kappa shape index (κ2) is 7.06. The van der Waals surface area contributed by atoms with Crippen molar-refractivity contribution in [2.24, 2.45) is 5.11 Å². The summed E-state index contributed by atoms with van der Waals surface area (Å²) < 4.78 is 25.1. The molecule has 0 aliphatic carbocycles. The van der Waals surface area contributed by atoms with Gasteiger partial charge in [-0.3, -0.25) is 0 Å². The summed E-state index contributed by atoms with van der Waals surface area (Å²) in [6.45, 7) is 2.05. The molecule has 1 unspecified atom stereocenters. The number of sulfonamides is 1. The third kappa shape index (κ3) is 5.22. The second-order valence-electron chi connectivity index (χ2n) is 2.77. The molecule has 0 radical (unpaired) electrons. The monoisotopic (exact) mass is 231 g/mol. The third-order valence-electron chi connectivity index (χ3n) is 1.69. The van der Waals surface area contributed by atoms with Gasteiger partial charge in [-0.05, 0) is 18.4 Å². The summed E-state index contributed by atoms with van der Waals surface area (Å²) in [6, 6.07) is 1.71. The van der Waals surface area contributed by atoms with Crippen LogP contribution in [0.2, 0.25) is 0 Å². The Labute approximate surface area is 88.8 Å². The van der Waals surface area contributed by atoms with Crippen LogP contribution in [0.15, 0.2) is 5.11 Å². The fourth-order valence-corrected chi connectivity index (χ4v) is 2.10. The van der Waals surface area contributed by atoms with Crippen molar-refractivity contribution in [2.45, 2.75) is 25.0 Å². The van der Waals surface area contributed by atoms with Crippen LogP contribution in [0.5, 0.6) is 0 Å².